The minimum atomic E-state index is 0.456. The van der Waals surface area contributed by atoms with Crippen LogP contribution in [0, 0.1) is 5.92 Å². The Bertz CT molecular complexity index is 538. The third kappa shape index (κ3) is 2.73. The molecule has 1 N–H and O–H groups in total. The van der Waals surface area contributed by atoms with Gasteiger partial charge in [-0.3, -0.25) is 0 Å². The number of fused-ring (bicyclic) bond motifs is 1. The molecule has 1 fully saturated rings. The highest BCUT2D eigenvalue weighted by Crippen LogP contribution is 2.35. The van der Waals surface area contributed by atoms with E-state index < -0.39 is 0 Å². The van der Waals surface area contributed by atoms with E-state index in [1.54, 1.807) is 0 Å². The fourth-order valence-electron chi connectivity index (χ4n) is 3.59. The summed E-state index contributed by atoms with van der Waals surface area (Å²) in [6.07, 6.45) is 12.4. The van der Waals surface area contributed by atoms with E-state index in [1.165, 1.54) is 49.6 Å². The molecule has 1 atom stereocenters. The van der Waals surface area contributed by atoms with Crippen molar-refractivity contribution in [3.63, 3.8) is 0 Å². The molecule has 2 heterocycles. The van der Waals surface area contributed by atoms with E-state index in [2.05, 4.69) is 35.7 Å². The molecule has 1 saturated carbocycles. The van der Waals surface area contributed by atoms with Gasteiger partial charge >= 0.3 is 0 Å². The van der Waals surface area contributed by atoms with Crippen LogP contribution in [0.15, 0.2) is 30.6 Å². The Morgan fingerprint density at radius 2 is 2.05 bits per heavy atom. The lowest BCUT2D eigenvalue weighted by Crippen LogP contribution is -2.28. The minimum Gasteiger partial charge on any atom is -0.310 e. The van der Waals surface area contributed by atoms with Crippen LogP contribution >= 0.6 is 0 Å². The number of hydrogen-bond donors (Lipinski definition) is 1. The Hall–Kier alpha value is -1.35. The zero-order chi connectivity index (χ0) is 13.8. The Morgan fingerprint density at radius 1 is 1.25 bits per heavy atom. The van der Waals surface area contributed by atoms with Crippen LogP contribution < -0.4 is 5.32 Å². The van der Waals surface area contributed by atoms with Crippen molar-refractivity contribution in [3.05, 3.63) is 36.2 Å². The summed E-state index contributed by atoms with van der Waals surface area (Å²) in [6.45, 7) is 3.22. The van der Waals surface area contributed by atoms with E-state index in [-0.39, 0.29) is 0 Å². The van der Waals surface area contributed by atoms with Gasteiger partial charge in [-0.25, -0.2) is 4.52 Å². The summed E-state index contributed by atoms with van der Waals surface area (Å²) in [4.78, 5) is 0. The van der Waals surface area contributed by atoms with Crippen LogP contribution in [0.1, 0.15) is 57.1 Å². The highest BCUT2D eigenvalue weighted by Gasteiger charge is 2.25. The van der Waals surface area contributed by atoms with Crippen LogP contribution in [0.3, 0.4) is 0 Å². The zero-order valence-corrected chi connectivity index (χ0v) is 12.4. The predicted molar refractivity (Wildman–Crippen MR) is 82.8 cm³/mol. The molecule has 3 nitrogen and oxygen atoms in total. The Balaban J connectivity index is 1.92. The number of pyridine rings is 1. The topological polar surface area (TPSA) is 29.3 Å². The normalized spacial score (nSPS) is 19.1. The molecule has 0 spiro atoms. The molecule has 3 heteroatoms. The molecular weight excluding hydrogens is 246 g/mol. The highest BCUT2D eigenvalue weighted by atomic mass is 15.2. The maximum atomic E-state index is 4.52. The first kappa shape index (κ1) is 13.6. The third-order valence-electron chi connectivity index (χ3n) is 4.59. The summed E-state index contributed by atoms with van der Waals surface area (Å²) in [7, 11) is 0. The fraction of sp³-hybridized carbons (Fsp3) is 0.588. The van der Waals surface area contributed by atoms with Crippen molar-refractivity contribution in [2.24, 2.45) is 5.92 Å². The number of nitrogens with zero attached hydrogens (tertiary/aromatic N) is 2. The van der Waals surface area contributed by atoms with E-state index in [0.717, 1.165) is 12.5 Å². The highest BCUT2D eigenvalue weighted by molar-refractivity contribution is 5.55. The Labute approximate surface area is 121 Å². The molecule has 3 rings (SSSR count). The summed E-state index contributed by atoms with van der Waals surface area (Å²) < 4.78 is 2.00. The van der Waals surface area contributed by atoms with Gasteiger partial charge in [-0.1, -0.05) is 38.7 Å². The number of aromatic nitrogens is 2. The maximum Gasteiger partial charge on any atom is 0.0709 e. The van der Waals surface area contributed by atoms with Crippen molar-refractivity contribution in [3.8, 4) is 0 Å². The van der Waals surface area contributed by atoms with Crippen LogP contribution in [0.25, 0.3) is 5.52 Å². The molecule has 0 bridgehead atoms. The number of hydrogen-bond acceptors (Lipinski definition) is 2. The first-order valence-electron chi connectivity index (χ1n) is 8.06. The first-order chi connectivity index (χ1) is 9.90. The van der Waals surface area contributed by atoms with Gasteiger partial charge in [-0.05, 0) is 37.4 Å². The first-order valence-corrected chi connectivity index (χ1v) is 8.06. The zero-order valence-electron chi connectivity index (χ0n) is 12.4. The van der Waals surface area contributed by atoms with Crippen LogP contribution in [0.2, 0.25) is 0 Å². The van der Waals surface area contributed by atoms with Crippen molar-refractivity contribution in [2.75, 3.05) is 6.54 Å². The van der Waals surface area contributed by atoms with Gasteiger partial charge in [0.05, 0.1) is 11.7 Å². The van der Waals surface area contributed by atoms with E-state index in [9.17, 15) is 0 Å². The quantitative estimate of drug-likeness (QED) is 0.853. The van der Waals surface area contributed by atoms with Crippen molar-refractivity contribution in [1.82, 2.24) is 14.9 Å². The summed E-state index contributed by atoms with van der Waals surface area (Å²) in [6, 6.07) is 6.79. The van der Waals surface area contributed by atoms with Crippen LogP contribution in [0.4, 0.5) is 0 Å². The van der Waals surface area contributed by atoms with Gasteiger partial charge in [0.1, 0.15) is 0 Å². The lowest BCUT2D eigenvalue weighted by Gasteiger charge is -2.26. The molecule has 0 saturated heterocycles. The van der Waals surface area contributed by atoms with Crippen molar-refractivity contribution in [1.29, 1.82) is 0 Å². The molecule has 1 unspecified atom stereocenters. The maximum absolute atomic E-state index is 4.52. The Kier molecular flexibility index (Phi) is 4.36. The smallest absolute Gasteiger partial charge is 0.0709 e. The summed E-state index contributed by atoms with van der Waals surface area (Å²) >= 11 is 0. The average Bonchev–Trinajstić information content (AvgIpc) is 2.71. The molecule has 0 aliphatic heterocycles. The molecule has 1 aliphatic carbocycles. The van der Waals surface area contributed by atoms with Gasteiger partial charge in [0, 0.05) is 17.8 Å². The molecule has 0 radical (unpaired) electrons. The molecule has 0 aromatic carbocycles. The van der Waals surface area contributed by atoms with E-state index in [1.807, 2.05) is 16.8 Å². The predicted octanol–water partition coefficient (Wildman–Crippen LogP) is 3.96. The summed E-state index contributed by atoms with van der Waals surface area (Å²) in [5, 5.41) is 8.24. The van der Waals surface area contributed by atoms with Gasteiger partial charge in [0.25, 0.3) is 0 Å². The summed E-state index contributed by atoms with van der Waals surface area (Å²) in [5.41, 5.74) is 2.63. The van der Waals surface area contributed by atoms with Crippen molar-refractivity contribution < 1.29 is 0 Å². The molecule has 0 amide bonds. The fourth-order valence-corrected chi connectivity index (χ4v) is 3.59. The van der Waals surface area contributed by atoms with Gasteiger partial charge in [-0.2, -0.15) is 5.10 Å². The number of nitrogens with one attached hydrogen (secondary N) is 1. The van der Waals surface area contributed by atoms with Crippen molar-refractivity contribution in [2.45, 2.75) is 51.5 Å². The van der Waals surface area contributed by atoms with E-state index >= 15 is 0 Å². The second-order valence-electron chi connectivity index (χ2n) is 5.92. The van der Waals surface area contributed by atoms with E-state index in [4.69, 9.17) is 0 Å². The second kappa shape index (κ2) is 6.40. The van der Waals surface area contributed by atoms with Gasteiger partial charge < -0.3 is 5.32 Å². The van der Waals surface area contributed by atoms with Gasteiger partial charge in [0.2, 0.25) is 0 Å². The molecule has 1 aliphatic rings. The lowest BCUT2D eigenvalue weighted by atomic mass is 9.87. The molecule has 2 aromatic rings. The largest absolute Gasteiger partial charge is 0.310 e. The van der Waals surface area contributed by atoms with Crippen LogP contribution in [-0.2, 0) is 0 Å². The molecule has 2 aromatic heterocycles. The average molecular weight is 271 g/mol. The lowest BCUT2D eigenvalue weighted by molar-refractivity contribution is 0.331. The van der Waals surface area contributed by atoms with Gasteiger partial charge in [0.15, 0.2) is 0 Å². The van der Waals surface area contributed by atoms with Gasteiger partial charge in [-0.15, -0.1) is 0 Å². The van der Waals surface area contributed by atoms with Crippen LogP contribution in [0.5, 0.6) is 0 Å². The van der Waals surface area contributed by atoms with Crippen molar-refractivity contribution >= 4 is 5.52 Å². The summed E-state index contributed by atoms with van der Waals surface area (Å²) in [5.74, 6) is 0.755. The SMILES string of the molecule is CCNC(c1cnn2ccccc12)C1CCCCCC1. The standard InChI is InChI=1S/C17H25N3/c1-2-18-17(14-9-5-3-4-6-10-14)15-13-19-20-12-8-7-11-16(15)20/h7-8,11-14,17-18H,2-6,9-10H2,1H3. The third-order valence-corrected chi connectivity index (χ3v) is 4.59. The number of rotatable bonds is 4. The van der Waals surface area contributed by atoms with E-state index in [0.29, 0.717) is 6.04 Å². The monoisotopic (exact) mass is 271 g/mol. The molecular formula is C17H25N3. The Morgan fingerprint density at radius 3 is 2.80 bits per heavy atom. The minimum absolute atomic E-state index is 0.456. The molecule has 108 valence electrons. The molecule has 20 heavy (non-hydrogen) atoms. The van der Waals surface area contributed by atoms with Crippen LogP contribution in [-0.4, -0.2) is 16.2 Å². The second-order valence-corrected chi connectivity index (χ2v) is 5.92.